The molecule has 108 valence electrons. The number of anilines is 1. The Morgan fingerprint density at radius 3 is 2.45 bits per heavy atom. The fourth-order valence-corrected chi connectivity index (χ4v) is 2.89. The van der Waals surface area contributed by atoms with Crippen molar-refractivity contribution in [1.29, 1.82) is 0 Å². The molecule has 0 aromatic heterocycles. The quantitative estimate of drug-likeness (QED) is 0.864. The van der Waals surface area contributed by atoms with Gasteiger partial charge in [0.2, 0.25) is 5.91 Å². The van der Waals surface area contributed by atoms with Gasteiger partial charge < -0.3 is 15.4 Å². The van der Waals surface area contributed by atoms with Crippen LogP contribution in [0.5, 0.6) is 0 Å². The van der Waals surface area contributed by atoms with E-state index in [1.165, 1.54) is 0 Å². The number of hydrogen-bond donors (Lipinski definition) is 1. The van der Waals surface area contributed by atoms with Crippen molar-refractivity contribution in [1.82, 2.24) is 0 Å². The SMILES string of the molecule is CCN(C(=O)C1(C(N)=S)CCOCC1)c1ccccc1. The highest BCUT2D eigenvalue weighted by Crippen LogP contribution is 2.34. The second-order valence-electron chi connectivity index (χ2n) is 4.94. The molecule has 1 amide bonds. The minimum absolute atomic E-state index is 0.0120. The first-order valence-corrected chi connectivity index (χ1v) is 7.27. The summed E-state index contributed by atoms with van der Waals surface area (Å²) in [5, 5.41) is 0. The van der Waals surface area contributed by atoms with Gasteiger partial charge in [-0.2, -0.15) is 0 Å². The molecule has 5 heteroatoms. The van der Waals surface area contributed by atoms with E-state index >= 15 is 0 Å². The summed E-state index contributed by atoms with van der Waals surface area (Å²) in [7, 11) is 0. The van der Waals surface area contributed by atoms with Gasteiger partial charge in [-0.25, -0.2) is 0 Å². The second-order valence-corrected chi connectivity index (χ2v) is 5.38. The Morgan fingerprint density at radius 1 is 1.35 bits per heavy atom. The number of hydrogen-bond acceptors (Lipinski definition) is 3. The van der Waals surface area contributed by atoms with Crippen LogP contribution in [0, 0.1) is 5.41 Å². The van der Waals surface area contributed by atoms with Crippen molar-refractivity contribution in [3.63, 3.8) is 0 Å². The monoisotopic (exact) mass is 292 g/mol. The molecular weight excluding hydrogens is 272 g/mol. The maximum Gasteiger partial charge on any atom is 0.240 e. The van der Waals surface area contributed by atoms with Crippen molar-refractivity contribution in [3.05, 3.63) is 30.3 Å². The molecule has 0 aliphatic carbocycles. The summed E-state index contributed by atoms with van der Waals surface area (Å²) in [6.45, 7) is 3.59. The van der Waals surface area contributed by atoms with Crippen molar-refractivity contribution in [2.45, 2.75) is 19.8 Å². The first-order valence-electron chi connectivity index (χ1n) is 6.86. The van der Waals surface area contributed by atoms with Crippen LogP contribution in [0.3, 0.4) is 0 Å². The number of thiocarbonyl (C=S) groups is 1. The average Bonchev–Trinajstić information content (AvgIpc) is 2.49. The third-order valence-corrected chi connectivity index (χ3v) is 4.25. The summed E-state index contributed by atoms with van der Waals surface area (Å²) in [5.41, 5.74) is 6.01. The molecule has 1 aromatic carbocycles. The molecule has 0 spiro atoms. The number of benzene rings is 1. The van der Waals surface area contributed by atoms with Crippen LogP contribution in [-0.2, 0) is 9.53 Å². The lowest BCUT2D eigenvalue weighted by molar-refractivity contribution is -0.128. The molecule has 4 nitrogen and oxygen atoms in total. The minimum Gasteiger partial charge on any atom is -0.392 e. The highest BCUT2D eigenvalue weighted by Gasteiger charge is 2.45. The van der Waals surface area contributed by atoms with Crippen LogP contribution in [0.25, 0.3) is 0 Å². The van der Waals surface area contributed by atoms with Crippen LogP contribution in [0.1, 0.15) is 19.8 Å². The Bertz CT molecular complexity index is 484. The molecular formula is C15H20N2O2S. The summed E-state index contributed by atoms with van der Waals surface area (Å²) < 4.78 is 5.36. The van der Waals surface area contributed by atoms with Crippen LogP contribution in [0.15, 0.2) is 30.3 Å². The zero-order chi connectivity index (χ0) is 14.6. The second kappa shape index (κ2) is 6.33. The summed E-state index contributed by atoms with van der Waals surface area (Å²) in [6.07, 6.45) is 1.12. The lowest BCUT2D eigenvalue weighted by atomic mass is 9.78. The standard InChI is InChI=1S/C15H20N2O2S/c1-2-17(12-6-4-3-5-7-12)14(18)15(13(16)20)8-10-19-11-9-15/h3-7H,2,8-11H2,1H3,(H2,16,20). The molecule has 1 aromatic rings. The molecule has 0 radical (unpaired) electrons. The average molecular weight is 292 g/mol. The van der Waals surface area contributed by atoms with Crippen LogP contribution < -0.4 is 10.6 Å². The van der Waals surface area contributed by atoms with Crippen LogP contribution in [0.4, 0.5) is 5.69 Å². The molecule has 0 atom stereocenters. The largest absolute Gasteiger partial charge is 0.392 e. The lowest BCUT2D eigenvalue weighted by Gasteiger charge is -2.38. The highest BCUT2D eigenvalue weighted by molar-refractivity contribution is 7.80. The van der Waals surface area contributed by atoms with Crippen molar-refractivity contribution >= 4 is 28.8 Å². The third-order valence-electron chi connectivity index (χ3n) is 3.86. The Morgan fingerprint density at radius 2 is 1.95 bits per heavy atom. The van der Waals surface area contributed by atoms with E-state index in [1.54, 1.807) is 4.90 Å². The van der Waals surface area contributed by atoms with Gasteiger partial charge in [0.15, 0.2) is 0 Å². The van der Waals surface area contributed by atoms with E-state index in [-0.39, 0.29) is 10.9 Å². The minimum atomic E-state index is -0.764. The normalized spacial score (nSPS) is 17.4. The van der Waals surface area contributed by atoms with Crippen molar-refractivity contribution in [2.24, 2.45) is 11.1 Å². The van der Waals surface area contributed by atoms with Gasteiger partial charge >= 0.3 is 0 Å². The van der Waals surface area contributed by atoms with E-state index in [4.69, 9.17) is 22.7 Å². The van der Waals surface area contributed by atoms with E-state index in [9.17, 15) is 4.79 Å². The lowest BCUT2D eigenvalue weighted by Crippen LogP contribution is -2.53. The molecule has 1 heterocycles. The van der Waals surface area contributed by atoms with E-state index in [0.717, 1.165) is 5.69 Å². The molecule has 0 bridgehead atoms. The summed E-state index contributed by atoms with van der Waals surface area (Å²) in [6, 6.07) is 9.62. The number of ether oxygens (including phenoxy) is 1. The predicted molar refractivity (Wildman–Crippen MR) is 83.7 cm³/mol. The van der Waals surface area contributed by atoms with Gasteiger partial charge in [0.05, 0.1) is 4.99 Å². The van der Waals surface area contributed by atoms with Gasteiger partial charge in [-0.1, -0.05) is 30.4 Å². The molecule has 2 N–H and O–H groups in total. The Hall–Kier alpha value is -1.46. The van der Waals surface area contributed by atoms with E-state index in [2.05, 4.69) is 0 Å². The third kappa shape index (κ3) is 2.69. The molecule has 1 aliphatic rings. The summed E-state index contributed by atoms with van der Waals surface area (Å²) in [5.74, 6) is -0.0120. The number of rotatable bonds is 4. The van der Waals surface area contributed by atoms with Gasteiger partial charge in [0.25, 0.3) is 0 Å². The first-order chi connectivity index (χ1) is 9.62. The molecule has 1 fully saturated rings. The number of nitrogens with two attached hydrogens (primary N) is 1. The van der Waals surface area contributed by atoms with Gasteiger partial charge in [0, 0.05) is 25.4 Å². The van der Waals surface area contributed by atoms with Crippen molar-refractivity contribution < 1.29 is 9.53 Å². The van der Waals surface area contributed by atoms with E-state index in [0.29, 0.717) is 32.6 Å². The zero-order valence-corrected chi connectivity index (χ0v) is 12.5. The smallest absolute Gasteiger partial charge is 0.240 e. The van der Waals surface area contributed by atoms with E-state index in [1.807, 2.05) is 37.3 Å². The zero-order valence-electron chi connectivity index (χ0n) is 11.7. The Labute approximate surface area is 124 Å². The van der Waals surface area contributed by atoms with Crippen LogP contribution in [-0.4, -0.2) is 30.7 Å². The predicted octanol–water partition coefficient (Wildman–Crippen LogP) is 2.12. The molecule has 0 unspecified atom stereocenters. The Balaban J connectivity index is 2.33. The number of amides is 1. The first kappa shape index (κ1) is 14.9. The van der Waals surface area contributed by atoms with Crippen molar-refractivity contribution in [3.8, 4) is 0 Å². The van der Waals surface area contributed by atoms with Crippen molar-refractivity contribution in [2.75, 3.05) is 24.7 Å². The number of carbonyl (C=O) groups is 1. The van der Waals surface area contributed by atoms with Gasteiger partial charge in [0.1, 0.15) is 5.41 Å². The topological polar surface area (TPSA) is 55.6 Å². The van der Waals surface area contributed by atoms with Gasteiger partial charge in [-0.05, 0) is 31.9 Å². The summed E-state index contributed by atoms with van der Waals surface area (Å²) >= 11 is 5.20. The van der Waals surface area contributed by atoms with E-state index < -0.39 is 5.41 Å². The molecule has 0 saturated carbocycles. The molecule has 2 rings (SSSR count). The molecule has 1 aliphatic heterocycles. The maximum atomic E-state index is 13.0. The summed E-state index contributed by atoms with van der Waals surface area (Å²) in [4.78, 5) is 15.0. The van der Waals surface area contributed by atoms with Gasteiger partial charge in [-0.3, -0.25) is 4.79 Å². The fraction of sp³-hybridized carbons (Fsp3) is 0.467. The highest BCUT2D eigenvalue weighted by atomic mass is 32.1. The number of nitrogens with zero attached hydrogens (tertiary/aromatic N) is 1. The fourth-order valence-electron chi connectivity index (χ4n) is 2.60. The maximum absolute atomic E-state index is 13.0. The Kier molecular flexibility index (Phi) is 4.73. The number of para-hydroxylation sites is 1. The molecule has 1 saturated heterocycles. The number of carbonyl (C=O) groups excluding carboxylic acids is 1. The molecule has 20 heavy (non-hydrogen) atoms. The van der Waals surface area contributed by atoms with Crippen LogP contribution >= 0.6 is 12.2 Å². The van der Waals surface area contributed by atoms with Gasteiger partial charge in [-0.15, -0.1) is 0 Å². The van der Waals surface area contributed by atoms with Crippen LogP contribution in [0.2, 0.25) is 0 Å².